The van der Waals surface area contributed by atoms with E-state index >= 15 is 0 Å². The van der Waals surface area contributed by atoms with Crippen LogP contribution in [0.3, 0.4) is 0 Å². The Bertz CT molecular complexity index is 473. The lowest BCUT2D eigenvalue weighted by molar-refractivity contribution is -0.122. The third-order valence-corrected chi connectivity index (χ3v) is 5.06. The average Bonchev–Trinajstić information content (AvgIpc) is 2.99. The Labute approximate surface area is 130 Å². The lowest BCUT2D eigenvalue weighted by Gasteiger charge is -2.17. The van der Waals surface area contributed by atoms with Crippen molar-refractivity contribution in [2.45, 2.75) is 20.8 Å². The molecule has 0 atom stereocenters. The fourth-order valence-corrected chi connectivity index (χ4v) is 3.94. The van der Waals surface area contributed by atoms with Gasteiger partial charge in [-0.1, -0.05) is 0 Å². The van der Waals surface area contributed by atoms with Crippen LogP contribution in [0, 0.1) is 0 Å². The van der Waals surface area contributed by atoms with Crippen molar-refractivity contribution in [2.75, 3.05) is 31.9 Å². The Balaban J connectivity index is 2.26. The molecule has 0 aromatic rings. The van der Waals surface area contributed by atoms with Gasteiger partial charge in [0.15, 0.2) is 5.11 Å². The molecule has 2 saturated heterocycles. The first kappa shape index (κ1) is 15.4. The van der Waals surface area contributed by atoms with Crippen molar-refractivity contribution < 1.29 is 4.79 Å². The van der Waals surface area contributed by atoms with E-state index in [1.54, 1.807) is 4.90 Å². The first-order valence-corrected chi connectivity index (χ1v) is 8.46. The maximum Gasteiger partial charge on any atom is 0.276 e. The van der Waals surface area contributed by atoms with E-state index in [2.05, 4.69) is 17.9 Å². The number of hydrogen-bond donors (Lipinski definition) is 0. The van der Waals surface area contributed by atoms with E-state index in [0.717, 1.165) is 25.4 Å². The van der Waals surface area contributed by atoms with E-state index in [0.29, 0.717) is 17.4 Å². The predicted molar refractivity (Wildman–Crippen MR) is 88.2 cm³/mol. The van der Waals surface area contributed by atoms with Gasteiger partial charge in [0.05, 0.1) is 5.03 Å². The van der Waals surface area contributed by atoms with Gasteiger partial charge in [-0.15, -0.1) is 11.8 Å². The maximum atomic E-state index is 12.4. The van der Waals surface area contributed by atoms with Crippen LogP contribution in [0.1, 0.15) is 20.8 Å². The maximum absolute atomic E-state index is 12.4. The van der Waals surface area contributed by atoms with Crippen LogP contribution in [-0.2, 0) is 4.79 Å². The minimum Gasteiger partial charge on any atom is -0.366 e. The normalized spacial score (nSPS) is 23.9. The largest absolute Gasteiger partial charge is 0.366 e. The zero-order chi connectivity index (χ0) is 14.7. The van der Waals surface area contributed by atoms with Crippen LogP contribution in [-0.4, -0.2) is 57.7 Å². The highest BCUT2D eigenvalue weighted by molar-refractivity contribution is 8.03. The molecule has 0 saturated carbocycles. The molecular formula is C14H21N3OS2. The van der Waals surface area contributed by atoms with Crippen molar-refractivity contribution in [3.8, 4) is 0 Å². The van der Waals surface area contributed by atoms with Gasteiger partial charge in [0.25, 0.3) is 5.91 Å². The SMILES string of the molecule is CCN1C(=O)/C(=C\C=C2/SCCN2CC)N(CC)C1=S. The molecule has 4 nitrogen and oxygen atoms in total. The second-order valence-corrected chi connectivity index (χ2v) is 6.04. The molecule has 0 unspecified atom stereocenters. The minimum absolute atomic E-state index is 0.0160. The Morgan fingerprint density at radius 1 is 1.15 bits per heavy atom. The molecule has 2 aliphatic heterocycles. The fraction of sp³-hybridized carbons (Fsp3) is 0.571. The average molecular weight is 311 g/mol. The number of allylic oxidation sites excluding steroid dienone is 2. The molecule has 1 amide bonds. The van der Waals surface area contributed by atoms with Gasteiger partial charge in [0, 0.05) is 31.9 Å². The van der Waals surface area contributed by atoms with Crippen LogP contribution in [0.2, 0.25) is 0 Å². The fourth-order valence-electron chi connectivity index (χ4n) is 2.41. The van der Waals surface area contributed by atoms with Crippen molar-refractivity contribution in [3.63, 3.8) is 0 Å². The summed E-state index contributed by atoms with van der Waals surface area (Å²) in [6.45, 7) is 9.56. The third kappa shape index (κ3) is 2.72. The molecular weight excluding hydrogens is 290 g/mol. The first-order chi connectivity index (χ1) is 9.63. The predicted octanol–water partition coefficient (Wildman–Crippen LogP) is 2.25. The van der Waals surface area contributed by atoms with E-state index in [1.807, 2.05) is 36.6 Å². The highest BCUT2D eigenvalue weighted by Crippen LogP contribution is 2.28. The number of likely N-dealkylation sites (N-methyl/N-ethyl adjacent to an activating group) is 2. The summed E-state index contributed by atoms with van der Waals surface area (Å²) in [5, 5.41) is 1.86. The van der Waals surface area contributed by atoms with Gasteiger partial charge in [-0.3, -0.25) is 9.69 Å². The van der Waals surface area contributed by atoms with Crippen molar-refractivity contribution >= 4 is 35.0 Å². The van der Waals surface area contributed by atoms with Crippen LogP contribution >= 0.6 is 24.0 Å². The number of thiocarbonyl (C=S) groups is 1. The summed E-state index contributed by atoms with van der Waals surface area (Å²) in [6, 6.07) is 0. The van der Waals surface area contributed by atoms with Gasteiger partial charge in [-0.2, -0.15) is 0 Å². The van der Waals surface area contributed by atoms with E-state index in [-0.39, 0.29) is 5.91 Å². The van der Waals surface area contributed by atoms with Crippen LogP contribution in [0.5, 0.6) is 0 Å². The van der Waals surface area contributed by atoms with E-state index in [1.165, 1.54) is 5.03 Å². The molecule has 2 rings (SSSR count). The Hall–Kier alpha value is -1.01. The highest BCUT2D eigenvalue weighted by atomic mass is 32.2. The van der Waals surface area contributed by atoms with E-state index < -0.39 is 0 Å². The summed E-state index contributed by atoms with van der Waals surface area (Å²) in [7, 11) is 0. The van der Waals surface area contributed by atoms with Crippen LogP contribution in [0.15, 0.2) is 22.9 Å². The smallest absolute Gasteiger partial charge is 0.276 e. The van der Waals surface area contributed by atoms with Crippen LogP contribution < -0.4 is 0 Å². The Kier molecular flexibility index (Phi) is 5.10. The lowest BCUT2D eigenvalue weighted by Crippen LogP contribution is -2.32. The van der Waals surface area contributed by atoms with Gasteiger partial charge in [-0.25, -0.2) is 0 Å². The van der Waals surface area contributed by atoms with Gasteiger partial charge in [0.2, 0.25) is 0 Å². The first-order valence-electron chi connectivity index (χ1n) is 7.07. The lowest BCUT2D eigenvalue weighted by atomic mass is 10.3. The molecule has 0 radical (unpaired) electrons. The molecule has 0 N–H and O–H groups in total. The zero-order valence-electron chi connectivity index (χ0n) is 12.3. The number of hydrogen-bond acceptors (Lipinski definition) is 4. The van der Waals surface area contributed by atoms with Crippen molar-refractivity contribution in [1.82, 2.24) is 14.7 Å². The molecule has 2 aliphatic rings. The van der Waals surface area contributed by atoms with Crippen LogP contribution in [0.4, 0.5) is 0 Å². The summed E-state index contributed by atoms with van der Waals surface area (Å²) in [6.07, 6.45) is 3.98. The number of nitrogens with zero attached hydrogens (tertiary/aromatic N) is 3. The Morgan fingerprint density at radius 3 is 2.45 bits per heavy atom. The van der Waals surface area contributed by atoms with Gasteiger partial charge in [0.1, 0.15) is 5.70 Å². The number of carbonyl (C=O) groups is 1. The molecule has 2 fully saturated rings. The zero-order valence-corrected chi connectivity index (χ0v) is 13.9. The number of carbonyl (C=O) groups excluding carboxylic acids is 1. The number of amides is 1. The number of rotatable bonds is 4. The summed E-state index contributed by atoms with van der Waals surface area (Å²) in [5.74, 6) is 1.13. The monoisotopic (exact) mass is 311 g/mol. The standard InChI is InChI=1S/C14H21N3OS2/c1-4-15-9-10-20-12(15)8-7-11-13(18)17(6-3)14(19)16(11)5-2/h7-8H,4-6,9-10H2,1-3H3/b11-7+,12-8-. The molecule has 0 aliphatic carbocycles. The summed E-state index contributed by atoms with van der Waals surface area (Å²) >= 11 is 7.21. The third-order valence-electron chi connectivity index (χ3n) is 3.54. The second-order valence-electron chi connectivity index (χ2n) is 4.56. The van der Waals surface area contributed by atoms with Crippen LogP contribution in [0.25, 0.3) is 0 Å². The topological polar surface area (TPSA) is 26.8 Å². The minimum atomic E-state index is 0.0160. The Morgan fingerprint density at radius 2 is 1.85 bits per heavy atom. The molecule has 0 aromatic carbocycles. The van der Waals surface area contributed by atoms with Crippen molar-refractivity contribution in [1.29, 1.82) is 0 Å². The molecule has 0 spiro atoms. The highest BCUT2D eigenvalue weighted by Gasteiger charge is 2.35. The van der Waals surface area contributed by atoms with Crippen molar-refractivity contribution in [3.05, 3.63) is 22.9 Å². The van der Waals surface area contributed by atoms with Gasteiger partial charge in [-0.05, 0) is 45.1 Å². The van der Waals surface area contributed by atoms with E-state index in [4.69, 9.17) is 12.2 Å². The molecule has 0 bridgehead atoms. The molecule has 2 heterocycles. The quantitative estimate of drug-likeness (QED) is 0.586. The summed E-state index contributed by atoms with van der Waals surface area (Å²) in [4.78, 5) is 18.2. The van der Waals surface area contributed by atoms with Gasteiger partial charge < -0.3 is 9.80 Å². The van der Waals surface area contributed by atoms with E-state index in [9.17, 15) is 4.79 Å². The molecule has 6 heteroatoms. The second kappa shape index (κ2) is 6.63. The van der Waals surface area contributed by atoms with Crippen molar-refractivity contribution in [2.24, 2.45) is 0 Å². The van der Waals surface area contributed by atoms with Gasteiger partial charge >= 0.3 is 0 Å². The summed E-state index contributed by atoms with van der Waals surface area (Å²) in [5.41, 5.74) is 0.690. The molecule has 110 valence electrons. The molecule has 0 aromatic heterocycles. The summed E-state index contributed by atoms with van der Waals surface area (Å²) < 4.78 is 0. The number of thioether (sulfide) groups is 1. The molecule has 20 heavy (non-hydrogen) atoms.